The van der Waals surface area contributed by atoms with E-state index in [4.69, 9.17) is 10.5 Å². The maximum absolute atomic E-state index is 5.37. The molecule has 84 valence electrons. The van der Waals surface area contributed by atoms with Crippen molar-refractivity contribution in [2.75, 3.05) is 39.4 Å². The SMILES string of the molecule is CC1(C)CCN(CCOCCN)CC1. The Morgan fingerprint density at radius 3 is 2.43 bits per heavy atom. The first-order chi connectivity index (χ1) is 6.64. The molecule has 2 N–H and O–H groups in total. The second-order valence-electron chi connectivity index (χ2n) is 4.91. The molecule has 1 aliphatic rings. The summed E-state index contributed by atoms with van der Waals surface area (Å²) in [6, 6.07) is 0. The molecule has 0 unspecified atom stereocenters. The molecule has 1 saturated heterocycles. The average molecular weight is 200 g/mol. The summed E-state index contributed by atoms with van der Waals surface area (Å²) in [6.07, 6.45) is 2.62. The molecule has 0 radical (unpaired) electrons. The standard InChI is InChI=1S/C11H24N2O/c1-11(2)3-6-13(7-4-11)8-10-14-9-5-12/h3-10,12H2,1-2H3. The van der Waals surface area contributed by atoms with Crippen LogP contribution in [0.5, 0.6) is 0 Å². The minimum absolute atomic E-state index is 0.550. The number of likely N-dealkylation sites (tertiary alicyclic amines) is 1. The van der Waals surface area contributed by atoms with Crippen molar-refractivity contribution >= 4 is 0 Å². The number of rotatable bonds is 5. The van der Waals surface area contributed by atoms with E-state index in [-0.39, 0.29) is 0 Å². The number of nitrogens with two attached hydrogens (primary N) is 1. The Labute approximate surface area is 87.6 Å². The molecule has 0 aromatic heterocycles. The summed E-state index contributed by atoms with van der Waals surface area (Å²) in [5.74, 6) is 0. The van der Waals surface area contributed by atoms with Crippen molar-refractivity contribution in [1.29, 1.82) is 0 Å². The highest BCUT2D eigenvalue weighted by atomic mass is 16.5. The summed E-state index contributed by atoms with van der Waals surface area (Å²) in [7, 11) is 0. The van der Waals surface area contributed by atoms with Crippen molar-refractivity contribution in [3.8, 4) is 0 Å². The zero-order valence-corrected chi connectivity index (χ0v) is 9.59. The third kappa shape index (κ3) is 4.40. The van der Waals surface area contributed by atoms with E-state index < -0.39 is 0 Å². The first-order valence-electron chi connectivity index (χ1n) is 5.64. The molecule has 1 fully saturated rings. The number of hydrogen-bond acceptors (Lipinski definition) is 3. The fourth-order valence-electron chi connectivity index (χ4n) is 1.76. The number of hydrogen-bond donors (Lipinski definition) is 1. The van der Waals surface area contributed by atoms with Gasteiger partial charge in [0.1, 0.15) is 0 Å². The Hall–Kier alpha value is -0.120. The van der Waals surface area contributed by atoms with Gasteiger partial charge in [0.25, 0.3) is 0 Å². The van der Waals surface area contributed by atoms with Crippen LogP contribution in [-0.4, -0.2) is 44.3 Å². The third-order valence-corrected chi connectivity index (χ3v) is 3.02. The molecule has 0 saturated carbocycles. The van der Waals surface area contributed by atoms with Crippen LogP contribution in [0.1, 0.15) is 26.7 Å². The molecule has 0 amide bonds. The summed E-state index contributed by atoms with van der Waals surface area (Å²) in [5, 5.41) is 0. The first kappa shape index (κ1) is 12.0. The van der Waals surface area contributed by atoms with Gasteiger partial charge < -0.3 is 15.4 Å². The zero-order valence-electron chi connectivity index (χ0n) is 9.59. The summed E-state index contributed by atoms with van der Waals surface area (Å²) in [5.41, 5.74) is 5.89. The minimum Gasteiger partial charge on any atom is -0.379 e. The van der Waals surface area contributed by atoms with Crippen molar-refractivity contribution in [3.63, 3.8) is 0 Å². The van der Waals surface area contributed by atoms with Crippen molar-refractivity contribution in [2.45, 2.75) is 26.7 Å². The van der Waals surface area contributed by atoms with E-state index in [2.05, 4.69) is 18.7 Å². The molecule has 0 aliphatic carbocycles. The highest BCUT2D eigenvalue weighted by molar-refractivity contribution is 4.78. The smallest absolute Gasteiger partial charge is 0.0594 e. The number of piperidine rings is 1. The largest absolute Gasteiger partial charge is 0.379 e. The molecule has 3 heteroatoms. The van der Waals surface area contributed by atoms with Crippen LogP contribution in [0, 0.1) is 5.41 Å². The van der Waals surface area contributed by atoms with Crippen molar-refractivity contribution < 1.29 is 4.74 Å². The molecular formula is C11H24N2O. The van der Waals surface area contributed by atoms with E-state index in [0.29, 0.717) is 18.6 Å². The quantitative estimate of drug-likeness (QED) is 0.675. The zero-order chi connectivity index (χ0) is 10.4. The summed E-state index contributed by atoms with van der Waals surface area (Å²) in [6.45, 7) is 10.4. The molecular weight excluding hydrogens is 176 g/mol. The van der Waals surface area contributed by atoms with E-state index in [1.165, 1.54) is 25.9 Å². The summed E-state index contributed by atoms with van der Waals surface area (Å²) < 4.78 is 5.37. The van der Waals surface area contributed by atoms with Gasteiger partial charge in [-0.15, -0.1) is 0 Å². The van der Waals surface area contributed by atoms with E-state index in [1.54, 1.807) is 0 Å². The van der Waals surface area contributed by atoms with Crippen LogP contribution in [0.4, 0.5) is 0 Å². The Morgan fingerprint density at radius 2 is 1.86 bits per heavy atom. The number of ether oxygens (including phenoxy) is 1. The molecule has 1 aliphatic heterocycles. The van der Waals surface area contributed by atoms with Crippen LogP contribution in [0.25, 0.3) is 0 Å². The minimum atomic E-state index is 0.550. The Morgan fingerprint density at radius 1 is 1.21 bits per heavy atom. The molecule has 14 heavy (non-hydrogen) atoms. The monoisotopic (exact) mass is 200 g/mol. The predicted octanol–water partition coefficient (Wildman–Crippen LogP) is 1.08. The van der Waals surface area contributed by atoms with Gasteiger partial charge in [0.15, 0.2) is 0 Å². The number of nitrogens with zero attached hydrogens (tertiary/aromatic N) is 1. The van der Waals surface area contributed by atoms with Crippen LogP contribution < -0.4 is 5.73 Å². The van der Waals surface area contributed by atoms with Crippen LogP contribution in [0.2, 0.25) is 0 Å². The molecule has 1 heterocycles. The van der Waals surface area contributed by atoms with Crippen LogP contribution in [0.15, 0.2) is 0 Å². The van der Waals surface area contributed by atoms with E-state index in [1.807, 2.05) is 0 Å². The van der Waals surface area contributed by atoms with E-state index in [9.17, 15) is 0 Å². The second kappa shape index (κ2) is 5.69. The predicted molar refractivity (Wildman–Crippen MR) is 59.3 cm³/mol. The third-order valence-electron chi connectivity index (χ3n) is 3.02. The lowest BCUT2D eigenvalue weighted by atomic mass is 9.83. The van der Waals surface area contributed by atoms with Crippen molar-refractivity contribution in [2.24, 2.45) is 11.1 Å². The maximum atomic E-state index is 5.37. The van der Waals surface area contributed by atoms with Gasteiger partial charge >= 0.3 is 0 Å². The highest BCUT2D eigenvalue weighted by Crippen LogP contribution is 2.29. The van der Waals surface area contributed by atoms with Gasteiger partial charge in [-0.2, -0.15) is 0 Å². The van der Waals surface area contributed by atoms with Crippen LogP contribution in [0.3, 0.4) is 0 Å². The summed E-state index contributed by atoms with van der Waals surface area (Å²) in [4.78, 5) is 2.49. The van der Waals surface area contributed by atoms with Gasteiger partial charge in [-0.05, 0) is 31.3 Å². The lowest BCUT2D eigenvalue weighted by molar-refractivity contribution is 0.0770. The molecule has 0 spiro atoms. The average Bonchev–Trinajstić information content (AvgIpc) is 2.15. The van der Waals surface area contributed by atoms with Crippen molar-refractivity contribution in [3.05, 3.63) is 0 Å². The second-order valence-corrected chi connectivity index (χ2v) is 4.91. The Bertz CT molecular complexity index is 149. The van der Waals surface area contributed by atoms with Gasteiger partial charge in [0.2, 0.25) is 0 Å². The topological polar surface area (TPSA) is 38.5 Å². The lowest BCUT2D eigenvalue weighted by Gasteiger charge is -2.36. The Kier molecular flexibility index (Phi) is 4.85. The molecule has 0 bridgehead atoms. The normalized spacial score (nSPS) is 22.5. The van der Waals surface area contributed by atoms with Crippen molar-refractivity contribution in [1.82, 2.24) is 4.90 Å². The molecule has 1 rings (SSSR count). The van der Waals surface area contributed by atoms with Crippen LogP contribution in [-0.2, 0) is 4.74 Å². The van der Waals surface area contributed by atoms with E-state index in [0.717, 1.165) is 13.2 Å². The van der Waals surface area contributed by atoms with Gasteiger partial charge in [-0.25, -0.2) is 0 Å². The lowest BCUT2D eigenvalue weighted by Crippen LogP contribution is -2.39. The molecule has 0 aromatic rings. The van der Waals surface area contributed by atoms with Gasteiger partial charge in [0.05, 0.1) is 13.2 Å². The van der Waals surface area contributed by atoms with Crippen LogP contribution >= 0.6 is 0 Å². The first-order valence-corrected chi connectivity index (χ1v) is 5.64. The highest BCUT2D eigenvalue weighted by Gasteiger charge is 2.24. The molecule has 0 atom stereocenters. The summed E-state index contributed by atoms with van der Waals surface area (Å²) >= 11 is 0. The van der Waals surface area contributed by atoms with Gasteiger partial charge in [-0.3, -0.25) is 0 Å². The molecule has 3 nitrogen and oxygen atoms in total. The van der Waals surface area contributed by atoms with E-state index >= 15 is 0 Å². The maximum Gasteiger partial charge on any atom is 0.0594 e. The molecule has 0 aromatic carbocycles. The Balaban J connectivity index is 2.04. The fraction of sp³-hybridized carbons (Fsp3) is 1.00. The van der Waals surface area contributed by atoms with Gasteiger partial charge in [0, 0.05) is 13.1 Å². The fourth-order valence-corrected chi connectivity index (χ4v) is 1.76. The van der Waals surface area contributed by atoms with Gasteiger partial charge in [-0.1, -0.05) is 13.8 Å².